The molecule has 0 spiro atoms. The highest BCUT2D eigenvalue weighted by Crippen LogP contribution is 2.36. The summed E-state index contributed by atoms with van der Waals surface area (Å²) in [5, 5.41) is 14.5. The molecular weight excluding hydrogens is 486 g/mol. The van der Waals surface area contributed by atoms with E-state index < -0.39 is 16.2 Å². The number of benzene rings is 2. The lowest BCUT2D eigenvalue weighted by Crippen LogP contribution is -2.24. The number of amides is 1. The highest BCUT2D eigenvalue weighted by molar-refractivity contribution is 7.72. The minimum atomic E-state index is -2.50. The Morgan fingerprint density at radius 3 is 1.84 bits per heavy atom. The molecule has 2 N–H and O–H groups in total. The molecule has 0 bridgehead atoms. The minimum absolute atomic E-state index is 0.0752. The summed E-state index contributed by atoms with van der Waals surface area (Å²) in [4.78, 5) is 12.8. The molecule has 0 atom stereocenters. The first-order valence-electron chi connectivity index (χ1n) is 14.1. The number of nitrogens with one attached hydrogen (secondary N) is 1. The van der Waals surface area contributed by atoms with Crippen molar-refractivity contribution >= 4 is 32.0 Å². The van der Waals surface area contributed by atoms with E-state index in [1.165, 1.54) is 76.7 Å². The number of carbonyl (C=O) groups excluding carboxylic acids is 1. The van der Waals surface area contributed by atoms with Gasteiger partial charge in [0.15, 0.2) is 0 Å². The van der Waals surface area contributed by atoms with Crippen molar-refractivity contribution in [3.8, 4) is 11.5 Å². The summed E-state index contributed by atoms with van der Waals surface area (Å²) in [7, 11) is -2.50. The SMILES string of the molecule is CCCCCCCCCCCCCCCCNC(=O)c1cc(OC(CC)=S(=O)=O)c2ccccc2c1O. The number of hydrogen-bond donors (Lipinski definition) is 2. The number of aromatic hydroxyl groups is 1. The monoisotopic (exact) mass is 531 g/mol. The highest BCUT2D eigenvalue weighted by Gasteiger charge is 2.19. The van der Waals surface area contributed by atoms with Gasteiger partial charge in [0, 0.05) is 23.7 Å². The fraction of sp³-hybridized carbons (Fsp3) is 0.600. The number of ether oxygens (including phenoxy) is 1. The number of phenolic OH excluding ortho intramolecular Hbond substituents is 1. The molecule has 0 aliphatic heterocycles. The molecule has 0 saturated carbocycles. The molecule has 0 unspecified atom stereocenters. The molecule has 1 amide bonds. The van der Waals surface area contributed by atoms with E-state index in [0.717, 1.165) is 19.3 Å². The second kappa shape index (κ2) is 17.8. The first-order chi connectivity index (χ1) is 18.0. The van der Waals surface area contributed by atoms with Crippen molar-refractivity contribution in [3.63, 3.8) is 0 Å². The summed E-state index contributed by atoms with van der Waals surface area (Å²) in [5.74, 6) is -0.303. The van der Waals surface area contributed by atoms with E-state index in [1.54, 1.807) is 31.2 Å². The number of carbonyl (C=O) groups is 1. The van der Waals surface area contributed by atoms with Crippen molar-refractivity contribution in [1.29, 1.82) is 0 Å². The maximum atomic E-state index is 12.8. The zero-order chi connectivity index (χ0) is 26.9. The zero-order valence-electron chi connectivity index (χ0n) is 22.7. The van der Waals surface area contributed by atoms with Gasteiger partial charge in [-0.25, -0.2) is 0 Å². The topological polar surface area (TPSA) is 92.7 Å². The normalized spacial score (nSPS) is 11.0. The number of fused-ring (bicyclic) bond motifs is 1. The third kappa shape index (κ3) is 10.8. The van der Waals surface area contributed by atoms with Crippen LogP contribution < -0.4 is 10.1 Å². The fourth-order valence-electron chi connectivity index (χ4n) is 4.55. The van der Waals surface area contributed by atoms with Gasteiger partial charge in [-0.2, -0.15) is 8.42 Å². The third-order valence-electron chi connectivity index (χ3n) is 6.74. The Bertz CT molecular complexity index is 1100. The molecule has 2 aromatic rings. The van der Waals surface area contributed by atoms with Crippen LogP contribution in [0.5, 0.6) is 11.5 Å². The molecule has 37 heavy (non-hydrogen) atoms. The maximum Gasteiger partial charge on any atom is 0.255 e. The molecule has 0 radical (unpaired) electrons. The first kappa shape index (κ1) is 30.7. The molecule has 0 aliphatic carbocycles. The van der Waals surface area contributed by atoms with E-state index in [4.69, 9.17) is 4.74 Å². The summed E-state index contributed by atoms with van der Waals surface area (Å²) in [6.07, 6.45) is 18.0. The zero-order valence-corrected chi connectivity index (χ0v) is 23.5. The number of unbranched alkanes of at least 4 members (excludes halogenated alkanes) is 13. The van der Waals surface area contributed by atoms with Crippen molar-refractivity contribution in [2.75, 3.05) is 6.54 Å². The lowest BCUT2D eigenvalue weighted by Gasteiger charge is -2.14. The summed E-state index contributed by atoms with van der Waals surface area (Å²) in [5.41, 5.74) is 0.0752. The van der Waals surface area contributed by atoms with Gasteiger partial charge in [-0.3, -0.25) is 4.79 Å². The van der Waals surface area contributed by atoms with E-state index in [-0.39, 0.29) is 28.5 Å². The third-order valence-corrected chi connectivity index (χ3v) is 7.48. The van der Waals surface area contributed by atoms with Gasteiger partial charge in [0.2, 0.25) is 5.05 Å². The molecular formula is C30H45NO5S. The lowest BCUT2D eigenvalue weighted by atomic mass is 10.0. The van der Waals surface area contributed by atoms with E-state index in [0.29, 0.717) is 17.3 Å². The van der Waals surface area contributed by atoms with Gasteiger partial charge >= 0.3 is 0 Å². The maximum absolute atomic E-state index is 12.8. The van der Waals surface area contributed by atoms with Crippen molar-refractivity contribution < 1.29 is 23.1 Å². The first-order valence-corrected chi connectivity index (χ1v) is 15.2. The second-order valence-electron chi connectivity index (χ2n) is 9.73. The van der Waals surface area contributed by atoms with Crippen LogP contribution in [0.1, 0.15) is 121 Å². The summed E-state index contributed by atoms with van der Waals surface area (Å²) in [6.45, 7) is 4.46. The predicted octanol–water partition coefficient (Wildman–Crippen LogP) is 7.55. The van der Waals surface area contributed by atoms with Gasteiger partial charge in [-0.1, -0.05) is 122 Å². The molecule has 0 heterocycles. The van der Waals surface area contributed by atoms with Crippen LogP contribution in [0.3, 0.4) is 0 Å². The van der Waals surface area contributed by atoms with Crippen molar-refractivity contribution in [1.82, 2.24) is 5.32 Å². The summed E-state index contributed by atoms with van der Waals surface area (Å²) < 4.78 is 28.5. The Balaban J connectivity index is 1.74. The number of hydrogen-bond acceptors (Lipinski definition) is 5. The Morgan fingerprint density at radius 1 is 0.811 bits per heavy atom. The van der Waals surface area contributed by atoms with Crippen LogP contribution in [0.2, 0.25) is 0 Å². The van der Waals surface area contributed by atoms with Gasteiger partial charge in [0.25, 0.3) is 16.2 Å². The molecule has 0 aliphatic rings. The predicted molar refractivity (Wildman–Crippen MR) is 153 cm³/mol. The second-order valence-corrected chi connectivity index (χ2v) is 10.7. The molecule has 2 rings (SSSR count). The number of rotatable bonds is 18. The van der Waals surface area contributed by atoms with E-state index in [9.17, 15) is 18.3 Å². The van der Waals surface area contributed by atoms with Crippen LogP contribution in [-0.4, -0.2) is 31.0 Å². The summed E-state index contributed by atoms with van der Waals surface area (Å²) >= 11 is 0. The Hall–Kier alpha value is -2.54. The van der Waals surface area contributed by atoms with Crippen LogP contribution in [-0.2, 0) is 10.3 Å². The molecule has 206 valence electrons. The van der Waals surface area contributed by atoms with Crippen LogP contribution >= 0.6 is 0 Å². The van der Waals surface area contributed by atoms with Gasteiger partial charge < -0.3 is 15.2 Å². The Labute approximate surface area is 224 Å². The van der Waals surface area contributed by atoms with E-state index >= 15 is 0 Å². The van der Waals surface area contributed by atoms with Gasteiger partial charge in [0.05, 0.1) is 5.56 Å². The standard InChI is InChI=1S/C30H45NO5S/c1-3-5-6-7-8-9-10-11-12-13-14-15-16-19-22-31-30(33)26-23-27(36-28(4-2)37(34)35)24-20-17-18-21-25(24)29(26)32/h17-18,20-21,23,32H,3-16,19,22H2,1-2H3,(H,31,33). The van der Waals surface area contributed by atoms with Crippen LogP contribution in [0.25, 0.3) is 10.8 Å². The Kier molecular flexibility index (Phi) is 14.8. The molecule has 0 fully saturated rings. The highest BCUT2D eigenvalue weighted by atomic mass is 32.2. The fourth-order valence-corrected chi connectivity index (χ4v) is 4.94. The largest absolute Gasteiger partial charge is 0.506 e. The van der Waals surface area contributed by atoms with Gasteiger partial charge in [0.1, 0.15) is 11.5 Å². The molecule has 6 nitrogen and oxygen atoms in total. The number of phenols is 1. The van der Waals surface area contributed by atoms with E-state index in [1.807, 2.05) is 0 Å². The summed E-state index contributed by atoms with van der Waals surface area (Å²) in [6, 6.07) is 8.34. The van der Waals surface area contributed by atoms with Crippen molar-refractivity contribution in [2.24, 2.45) is 0 Å². The average Bonchev–Trinajstić information content (AvgIpc) is 2.90. The van der Waals surface area contributed by atoms with Crippen molar-refractivity contribution in [3.05, 3.63) is 35.9 Å². The molecule has 0 aromatic heterocycles. The average molecular weight is 532 g/mol. The van der Waals surface area contributed by atoms with Gasteiger partial charge in [-0.05, 0) is 12.5 Å². The van der Waals surface area contributed by atoms with Crippen LogP contribution in [0.4, 0.5) is 0 Å². The lowest BCUT2D eigenvalue weighted by molar-refractivity contribution is 0.0950. The molecule has 0 saturated heterocycles. The van der Waals surface area contributed by atoms with Crippen LogP contribution in [0, 0.1) is 0 Å². The van der Waals surface area contributed by atoms with Crippen molar-refractivity contribution in [2.45, 2.75) is 110 Å². The Morgan fingerprint density at radius 2 is 1.32 bits per heavy atom. The molecule has 7 heteroatoms. The van der Waals surface area contributed by atoms with Crippen LogP contribution in [0.15, 0.2) is 30.3 Å². The molecule has 2 aromatic carbocycles. The quantitative estimate of drug-likeness (QED) is 0.153. The smallest absolute Gasteiger partial charge is 0.255 e. The van der Waals surface area contributed by atoms with Gasteiger partial charge in [-0.15, -0.1) is 0 Å². The van der Waals surface area contributed by atoms with E-state index in [2.05, 4.69) is 12.2 Å². The minimum Gasteiger partial charge on any atom is -0.506 e.